The van der Waals surface area contributed by atoms with Crippen LogP contribution >= 0.6 is 0 Å². The Labute approximate surface area is 124 Å². The maximum atomic E-state index is 12.4. The molecule has 1 aromatic carbocycles. The Morgan fingerprint density at radius 3 is 2.82 bits per heavy atom. The highest BCUT2D eigenvalue weighted by Gasteiger charge is 2.14. The van der Waals surface area contributed by atoms with E-state index in [4.69, 9.17) is 17.2 Å². The average Bonchev–Trinajstić information content (AvgIpc) is 2.84. The van der Waals surface area contributed by atoms with E-state index < -0.39 is 5.56 Å². The summed E-state index contributed by atoms with van der Waals surface area (Å²) < 4.78 is 0.993. The SMILES string of the molecule is C/C(=N\n1c(N)nc2n[nH]c(N)c2c1=O)c1cccc(N)c1. The third-order valence-corrected chi connectivity index (χ3v) is 3.17. The summed E-state index contributed by atoms with van der Waals surface area (Å²) in [6.07, 6.45) is 0. The van der Waals surface area contributed by atoms with Crippen LogP contribution in [0.1, 0.15) is 12.5 Å². The molecular weight excluding hydrogens is 284 g/mol. The number of aromatic amines is 1. The number of aromatic nitrogens is 4. The first-order valence-electron chi connectivity index (χ1n) is 6.41. The van der Waals surface area contributed by atoms with Gasteiger partial charge in [0.25, 0.3) is 5.56 Å². The molecule has 9 heteroatoms. The van der Waals surface area contributed by atoms with Crippen LogP contribution in [0.25, 0.3) is 11.0 Å². The summed E-state index contributed by atoms with van der Waals surface area (Å²) in [7, 11) is 0. The summed E-state index contributed by atoms with van der Waals surface area (Å²) in [5.74, 6) is 0.0466. The van der Waals surface area contributed by atoms with Crippen molar-refractivity contribution in [3.8, 4) is 0 Å². The fourth-order valence-electron chi connectivity index (χ4n) is 2.07. The molecule has 0 unspecified atom stereocenters. The number of fused-ring (bicyclic) bond motifs is 1. The first kappa shape index (κ1) is 13.6. The van der Waals surface area contributed by atoms with Crippen molar-refractivity contribution in [3.05, 3.63) is 40.2 Å². The quantitative estimate of drug-likeness (QED) is 0.389. The molecular formula is C13H14N8O. The van der Waals surface area contributed by atoms with Gasteiger partial charge in [-0.15, -0.1) is 0 Å². The summed E-state index contributed by atoms with van der Waals surface area (Å²) in [6.45, 7) is 1.74. The number of hydrogen-bond acceptors (Lipinski definition) is 7. The molecule has 0 aliphatic heterocycles. The van der Waals surface area contributed by atoms with E-state index in [1.54, 1.807) is 25.1 Å². The third-order valence-electron chi connectivity index (χ3n) is 3.17. The first-order valence-corrected chi connectivity index (χ1v) is 6.41. The van der Waals surface area contributed by atoms with E-state index >= 15 is 0 Å². The Hall–Kier alpha value is -3.36. The van der Waals surface area contributed by atoms with Crippen LogP contribution in [-0.4, -0.2) is 25.6 Å². The van der Waals surface area contributed by atoms with Crippen molar-refractivity contribution in [2.45, 2.75) is 6.92 Å². The van der Waals surface area contributed by atoms with Crippen molar-refractivity contribution < 1.29 is 0 Å². The summed E-state index contributed by atoms with van der Waals surface area (Å²) >= 11 is 0. The minimum absolute atomic E-state index is 0.0766. The average molecular weight is 298 g/mol. The Morgan fingerprint density at radius 1 is 1.32 bits per heavy atom. The highest BCUT2D eigenvalue weighted by atomic mass is 16.1. The molecule has 112 valence electrons. The predicted octanol–water partition coefficient (Wildman–Crippen LogP) is 0.139. The Kier molecular flexibility index (Phi) is 3.02. The minimum atomic E-state index is -0.489. The van der Waals surface area contributed by atoms with Crippen LogP contribution in [0, 0.1) is 0 Å². The number of H-pyrrole nitrogens is 1. The van der Waals surface area contributed by atoms with E-state index in [0.29, 0.717) is 11.4 Å². The molecule has 2 aromatic heterocycles. The lowest BCUT2D eigenvalue weighted by Crippen LogP contribution is -2.22. The highest BCUT2D eigenvalue weighted by Crippen LogP contribution is 2.13. The second-order valence-electron chi connectivity index (χ2n) is 4.73. The van der Waals surface area contributed by atoms with Gasteiger partial charge >= 0.3 is 0 Å². The van der Waals surface area contributed by atoms with E-state index in [1.807, 2.05) is 6.07 Å². The van der Waals surface area contributed by atoms with E-state index in [0.717, 1.165) is 10.2 Å². The monoisotopic (exact) mass is 298 g/mol. The molecule has 0 aliphatic rings. The topological polar surface area (TPSA) is 154 Å². The number of anilines is 3. The van der Waals surface area contributed by atoms with Crippen LogP contribution in [0.15, 0.2) is 34.2 Å². The van der Waals surface area contributed by atoms with Gasteiger partial charge < -0.3 is 17.2 Å². The van der Waals surface area contributed by atoms with Crippen molar-refractivity contribution in [1.82, 2.24) is 19.9 Å². The van der Waals surface area contributed by atoms with Gasteiger partial charge in [-0.1, -0.05) is 12.1 Å². The largest absolute Gasteiger partial charge is 0.399 e. The molecule has 0 radical (unpaired) electrons. The molecule has 0 bridgehead atoms. The van der Waals surface area contributed by atoms with Crippen molar-refractivity contribution >= 4 is 34.2 Å². The Morgan fingerprint density at radius 2 is 2.09 bits per heavy atom. The van der Waals surface area contributed by atoms with Gasteiger partial charge in [0.2, 0.25) is 5.95 Å². The molecule has 0 saturated carbocycles. The molecule has 3 rings (SSSR count). The Balaban J connectivity index is 2.20. The van der Waals surface area contributed by atoms with Crippen molar-refractivity contribution in [1.29, 1.82) is 0 Å². The number of nitrogens with two attached hydrogens (primary N) is 3. The minimum Gasteiger partial charge on any atom is -0.399 e. The number of nitrogens with one attached hydrogen (secondary N) is 1. The van der Waals surface area contributed by atoms with Crippen molar-refractivity contribution in [2.75, 3.05) is 17.2 Å². The van der Waals surface area contributed by atoms with Gasteiger partial charge in [0.05, 0.1) is 5.71 Å². The fourth-order valence-corrected chi connectivity index (χ4v) is 2.07. The number of benzene rings is 1. The molecule has 2 heterocycles. The third kappa shape index (κ3) is 2.14. The lowest BCUT2D eigenvalue weighted by atomic mass is 10.1. The predicted molar refractivity (Wildman–Crippen MR) is 85.4 cm³/mol. The normalized spacial score (nSPS) is 12.0. The smallest absolute Gasteiger partial charge is 0.289 e. The zero-order valence-electron chi connectivity index (χ0n) is 11.7. The van der Waals surface area contributed by atoms with E-state index in [1.165, 1.54) is 0 Å². The van der Waals surface area contributed by atoms with Gasteiger partial charge in [-0.05, 0) is 24.6 Å². The molecule has 22 heavy (non-hydrogen) atoms. The molecule has 7 N–H and O–H groups in total. The first-order chi connectivity index (χ1) is 10.5. The maximum absolute atomic E-state index is 12.4. The molecule has 0 fully saturated rings. The number of rotatable bonds is 2. The number of nitrogens with zero attached hydrogens (tertiary/aromatic N) is 4. The van der Waals surface area contributed by atoms with Crippen LogP contribution < -0.4 is 22.8 Å². The van der Waals surface area contributed by atoms with Crippen LogP contribution in [0.2, 0.25) is 0 Å². The molecule has 0 saturated heterocycles. The van der Waals surface area contributed by atoms with Gasteiger partial charge in [-0.2, -0.15) is 19.9 Å². The number of hydrogen-bond donors (Lipinski definition) is 4. The van der Waals surface area contributed by atoms with Crippen LogP contribution in [0.5, 0.6) is 0 Å². The van der Waals surface area contributed by atoms with Gasteiger partial charge in [0.1, 0.15) is 11.2 Å². The second-order valence-corrected chi connectivity index (χ2v) is 4.73. The van der Waals surface area contributed by atoms with Crippen LogP contribution in [0.4, 0.5) is 17.5 Å². The Bertz CT molecular complexity index is 952. The maximum Gasteiger partial charge on any atom is 0.289 e. The van der Waals surface area contributed by atoms with Crippen LogP contribution in [-0.2, 0) is 0 Å². The lowest BCUT2D eigenvalue weighted by Gasteiger charge is -2.06. The molecule has 0 spiro atoms. The molecule has 0 amide bonds. The molecule has 9 nitrogen and oxygen atoms in total. The molecule has 3 aromatic rings. The zero-order chi connectivity index (χ0) is 15.9. The zero-order valence-corrected chi connectivity index (χ0v) is 11.7. The molecule has 0 atom stereocenters. The second kappa shape index (κ2) is 4.88. The molecule has 0 aliphatic carbocycles. The highest BCUT2D eigenvalue weighted by molar-refractivity contribution is 5.99. The van der Waals surface area contributed by atoms with Gasteiger partial charge in [-0.25, -0.2) is 0 Å². The number of nitrogen functional groups attached to an aromatic ring is 3. The van der Waals surface area contributed by atoms with Crippen LogP contribution in [0.3, 0.4) is 0 Å². The van der Waals surface area contributed by atoms with E-state index in [-0.39, 0.29) is 22.8 Å². The van der Waals surface area contributed by atoms with E-state index in [9.17, 15) is 4.79 Å². The van der Waals surface area contributed by atoms with Gasteiger partial charge in [0.15, 0.2) is 5.65 Å². The summed E-state index contributed by atoms with van der Waals surface area (Å²) in [4.78, 5) is 16.4. The standard InChI is InChI=1S/C13H14N8O/c1-6(7-3-2-4-8(14)5-7)20-21-12(22)9-10(15)18-19-11(9)17-13(21)16/h2-5H,14H2,1H3,(H5,15,16,17,18,19)/b20-6+. The summed E-state index contributed by atoms with van der Waals surface area (Å²) in [5, 5.41) is 10.7. The summed E-state index contributed by atoms with van der Waals surface area (Å²) in [5.41, 5.74) is 18.8. The fraction of sp³-hybridized carbons (Fsp3) is 0.0769. The summed E-state index contributed by atoms with van der Waals surface area (Å²) in [6, 6.07) is 7.13. The lowest BCUT2D eigenvalue weighted by molar-refractivity contribution is 0.828. The van der Waals surface area contributed by atoms with Crippen molar-refractivity contribution in [3.63, 3.8) is 0 Å². The van der Waals surface area contributed by atoms with Crippen molar-refractivity contribution in [2.24, 2.45) is 5.10 Å². The van der Waals surface area contributed by atoms with Gasteiger partial charge in [0, 0.05) is 5.69 Å². The van der Waals surface area contributed by atoms with Gasteiger partial charge in [-0.3, -0.25) is 9.89 Å². The van der Waals surface area contributed by atoms with E-state index in [2.05, 4.69) is 20.3 Å².